The standard InChI is InChI=1S/C16H22O8/c1-8-3-4-16(21)13(8)5-9(24-11(18)10(13)17)15(20,7-22-2)14(16)6-23-12(14)19/h8-10,17,20-21H,3-7H2,1-2H3/t8-,9-,10+,13+,14+,15+,16-/m1/s1. The minimum atomic E-state index is -1.91. The van der Waals surface area contributed by atoms with Gasteiger partial charge in [-0.3, -0.25) is 4.79 Å². The lowest BCUT2D eigenvalue weighted by atomic mass is 9.42. The number of hydrogen-bond acceptors (Lipinski definition) is 8. The average molecular weight is 342 g/mol. The van der Waals surface area contributed by atoms with Crippen LogP contribution in [0, 0.1) is 16.7 Å². The molecule has 4 fully saturated rings. The second-order valence-electron chi connectivity index (χ2n) is 7.71. The predicted molar refractivity (Wildman–Crippen MR) is 76.5 cm³/mol. The predicted octanol–water partition coefficient (Wildman–Crippen LogP) is -1.26. The van der Waals surface area contributed by atoms with Crippen LogP contribution in [0.3, 0.4) is 0 Å². The highest BCUT2D eigenvalue weighted by Crippen LogP contribution is 2.72. The molecule has 2 spiro atoms. The van der Waals surface area contributed by atoms with E-state index >= 15 is 0 Å². The third-order valence-corrected chi connectivity index (χ3v) is 7.19. The maximum Gasteiger partial charge on any atom is 0.336 e. The Bertz CT molecular complexity index is 621. The summed E-state index contributed by atoms with van der Waals surface area (Å²) in [5.41, 5.74) is -6.59. The minimum Gasteiger partial charge on any atom is -0.464 e. The molecule has 0 aromatic heterocycles. The van der Waals surface area contributed by atoms with Gasteiger partial charge in [0.1, 0.15) is 18.3 Å². The summed E-state index contributed by atoms with van der Waals surface area (Å²) in [6.07, 6.45) is -1.82. The first-order valence-electron chi connectivity index (χ1n) is 8.21. The van der Waals surface area contributed by atoms with Gasteiger partial charge in [-0.1, -0.05) is 6.92 Å². The summed E-state index contributed by atoms with van der Waals surface area (Å²) in [5, 5.41) is 33.7. The highest BCUT2D eigenvalue weighted by atomic mass is 16.6. The van der Waals surface area contributed by atoms with Crippen molar-refractivity contribution in [1.82, 2.24) is 0 Å². The molecule has 3 N–H and O–H groups in total. The first-order chi connectivity index (χ1) is 11.2. The second kappa shape index (κ2) is 4.49. The number of carbonyl (C=O) groups excluding carboxylic acids is 2. The van der Waals surface area contributed by atoms with E-state index in [1.165, 1.54) is 7.11 Å². The molecule has 2 heterocycles. The molecule has 0 amide bonds. The number of hydrogen-bond donors (Lipinski definition) is 3. The summed E-state index contributed by atoms with van der Waals surface area (Å²) < 4.78 is 15.4. The van der Waals surface area contributed by atoms with Crippen molar-refractivity contribution >= 4 is 11.9 Å². The van der Waals surface area contributed by atoms with Crippen LogP contribution in [0.15, 0.2) is 0 Å². The number of carbonyl (C=O) groups is 2. The van der Waals surface area contributed by atoms with Crippen LogP contribution in [-0.2, 0) is 23.8 Å². The van der Waals surface area contributed by atoms with Gasteiger partial charge >= 0.3 is 11.9 Å². The van der Waals surface area contributed by atoms with Gasteiger partial charge in [0.25, 0.3) is 0 Å². The van der Waals surface area contributed by atoms with E-state index in [2.05, 4.69) is 0 Å². The maximum absolute atomic E-state index is 12.5. The molecule has 0 unspecified atom stereocenters. The second-order valence-corrected chi connectivity index (χ2v) is 7.71. The highest BCUT2D eigenvalue weighted by Gasteiger charge is 2.88. The smallest absolute Gasteiger partial charge is 0.336 e. The molecular formula is C16H22O8. The van der Waals surface area contributed by atoms with Gasteiger partial charge in [0.2, 0.25) is 0 Å². The van der Waals surface area contributed by atoms with Crippen LogP contribution in [0.1, 0.15) is 26.2 Å². The fourth-order valence-electron chi connectivity index (χ4n) is 5.88. The van der Waals surface area contributed by atoms with Crippen molar-refractivity contribution in [1.29, 1.82) is 0 Å². The third-order valence-electron chi connectivity index (χ3n) is 7.19. The van der Waals surface area contributed by atoms with E-state index in [-0.39, 0.29) is 32.0 Å². The van der Waals surface area contributed by atoms with E-state index in [1.807, 2.05) is 6.92 Å². The van der Waals surface area contributed by atoms with Crippen LogP contribution in [0.25, 0.3) is 0 Å². The van der Waals surface area contributed by atoms with Gasteiger partial charge in [0.05, 0.1) is 12.2 Å². The Labute approximate surface area is 138 Å². The Morgan fingerprint density at radius 1 is 1.33 bits per heavy atom. The first kappa shape index (κ1) is 16.3. The molecule has 2 aliphatic carbocycles. The number of aliphatic hydroxyl groups is 3. The topological polar surface area (TPSA) is 123 Å². The third kappa shape index (κ3) is 1.31. The highest BCUT2D eigenvalue weighted by molar-refractivity contribution is 5.88. The van der Waals surface area contributed by atoms with Crippen LogP contribution in [0.4, 0.5) is 0 Å². The van der Waals surface area contributed by atoms with Crippen molar-refractivity contribution in [3.05, 3.63) is 0 Å². The Morgan fingerprint density at radius 3 is 2.58 bits per heavy atom. The molecule has 0 radical (unpaired) electrons. The van der Waals surface area contributed by atoms with E-state index in [0.717, 1.165) is 0 Å². The summed E-state index contributed by atoms with van der Waals surface area (Å²) >= 11 is 0. The van der Waals surface area contributed by atoms with Crippen molar-refractivity contribution in [2.24, 2.45) is 16.7 Å². The monoisotopic (exact) mass is 342 g/mol. The average Bonchev–Trinajstić information content (AvgIpc) is 2.77. The zero-order valence-corrected chi connectivity index (χ0v) is 13.7. The SMILES string of the molecule is COC[C@]1(O)[C@H]2C[C@]3([C@H](C)CC[C@]3(O)[C@]13COC3=O)[C@@H](O)C(=O)O2. The lowest BCUT2D eigenvalue weighted by molar-refractivity contribution is -0.369. The van der Waals surface area contributed by atoms with Gasteiger partial charge in [0.15, 0.2) is 11.5 Å². The summed E-state index contributed by atoms with van der Waals surface area (Å²) in [5.74, 6) is -1.83. The molecule has 24 heavy (non-hydrogen) atoms. The number of fused-ring (bicyclic) bond motifs is 2. The fraction of sp³-hybridized carbons (Fsp3) is 0.875. The molecule has 2 bridgehead atoms. The largest absolute Gasteiger partial charge is 0.464 e. The van der Waals surface area contributed by atoms with E-state index in [4.69, 9.17) is 14.2 Å². The van der Waals surface area contributed by atoms with E-state index in [1.54, 1.807) is 0 Å². The Kier molecular flexibility index (Phi) is 3.04. The zero-order valence-electron chi connectivity index (χ0n) is 13.7. The number of rotatable bonds is 2. The van der Waals surface area contributed by atoms with Crippen molar-refractivity contribution < 1.29 is 39.1 Å². The number of aliphatic hydroxyl groups excluding tert-OH is 1. The summed E-state index contributed by atoms with van der Waals surface area (Å²) in [6, 6.07) is 0. The van der Waals surface area contributed by atoms with Gasteiger partial charge in [-0.2, -0.15) is 0 Å². The van der Waals surface area contributed by atoms with Crippen LogP contribution in [0.2, 0.25) is 0 Å². The van der Waals surface area contributed by atoms with Gasteiger partial charge in [0, 0.05) is 12.5 Å². The minimum absolute atomic E-state index is 0.0759. The molecule has 0 aromatic carbocycles. The molecule has 2 saturated heterocycles. The Morgan fingerprint density at radius 2 is 2.04 bits per heavy atom. The number of cyclic esters (lactones) is 1. The van der Waals surface area contributed by atoms with Crippen molar-refractivity contribution in [2.45, 2.75) is 49.6 Å². The number of ether oxygens (including phenoxy) is 3. The normalized spacial score (nSPS) is 55.6. The quantitative estimate of drug-likeness (QED) is 0.532. The molecule has 0 aromatic rings. The van der Waals surface area contributed by atoms with Crippen molar-refractivity contribution in [2.75, 3.05) is 20.3 Å². The molecule has 8 nitrogen and oxygen atoms in total. The van der Waals surface area contributed by atoms with Crippen LogP contribution < -0.4 is 0 Å². The lowest BCUT2D eigenvalue weighted by Gasteiger charge is -2.69. The van der Waals surface area contributed by atoms with Gasteiger partial charge in [-0.25, -0.2) is 4.79 Å². The van der Waals surface area contributed by atoms with E-state index < -0.39 is 46.2 Å². The van der Waals surface area contributed by atoms with Gasteiger partial charge < -0.3 is 29.5 Å². The molecule has 2 aliphatic heterocycles. The van der Waals surface area contributed by atoms with E-state index in [9.17, 15) is 24.9 Å². The van der Waals surface area contributed by atoms with Gasteiger partial charge in [-0.15, -0.1) is 0 Å². The van der Waals surface area contributed by atoms with Crippen LogP contribution >= 0.6 is 0 Å². The maximum atomic E-state index is 12.5. The van der Waals surface area contributed by atoms with Crippen molar-refractivity contribution in [3.63, 3.8) is 0 Å². The lowest BCUT2D eigenvalue weighted by Crippen LogP contribution is -2.87. The van der Waals surface area contributed by atoms with Gasteiger partial charge in [-0.05, 0) is 25.2 Å². The molecular weight excluding hydrogens is 320 g/mol. The number of esters is 2. The zero-order chi connectivity index (χ0) is 17.5. The molecule has 4 rings (SSSR count). The molecule has 134 valence electrons. The summed E-state index contributed by atoms with van der Waals surface area (Å²) in [4.78, 5) is 24.8. The molecule has 4 aliphatic rings. The fourth-order valence-corrected chi connectivity index (χ4v) is 5.88. The summed E-state index contributed by atoms with van der Waals surface area (Å²) in [7, 11) is 1.36. The first-order valence-corrected chi connectivity index (χ1v) is 8.21. The molecule has 8 heteroatoms. The molecule has 7 atom stereocenters. The van der Waals surface area contributed by atoms with Crippen molar-refractivity contribution in [3.8, 4) is 0 Å². The van der Waals surface area contributed by atoms with Crippen LogP contribution in [-0.4, -0.2) is 71.0 Å². The molecule has 2 saturated carbocycles. The Hall–Kier alpha value is -1.22. The summed E-state index contributed by atoms with van der Waals surface area (Å²) in [6.45, 7) is 1.36. The Balaban J connectivity index is 1.99. The van der Waals surface area contributed by atoms with E-state index in [0.29, 0.717) is 6.42 Å². The number of methoxy groups -OCH3 is 1. The van der Waals surface area contributed by atoms with Crippen LogP contribution in [0.5, 0.6) is 0 Å².